The zero-order valence-electron chi connectivity index (χ0n) is 16.3. The molecule has 0 aliphatic rings. The number of rotatable bonds is 9. The average Bonchev–Trinajstić information content (AvgIpc) is 2.76. The lowest BCUT2D eigenvalue weighted by Crippen LogP contribution is -1.98. The van der Waals surface area contributed by atoms with Gasteiger partial charge in [0.1, 0.15) is 24.8 Å². The molecule has 0 saturated heterocycles. The van der Waals surface area contributed by atoms with Gasteiger partial charge in [-0.05, 0) is 42.0 Å². The van der Waals surface area contributed by atoms with Gasteiger partial charge in [0.2, 0.25) is 0 Å². The Hall–Kier alpha value is -3.54. The lowest BCUT2D eigenvalue weighted by Gasteiger charge is -2.11. The number of halogens is 1. The molecular weight excluding hydrogens is 373 g/mol. The molecule has 0 bridgehead atoms. The molecule has 0 aliphatic heterocycles. The summed E-state index contributed by atoms with van der Waals surface area (Å²) in [5.41, 5.74) is 2.42. The van der Waals surface area contributed by atoms with Crippen molar-refractivity contribution in [3.63, 3.8) is 0 Å². The molecule has 0 atom stereocenters. The first-order valence-electron chi connectivity index (χ1n) is 9.02. The van der Waals surface area contributed by atoms with Gasteiger partial charge in [-0.3, -0.25) is 0 Å². The van der Waals surface area contributed by atoms with Crippen molar-refractivity contribution in [3.05, 3.63) is 89.2 Å². The van der Waals surface area contributed by atoms with Crippen LogP contribution in [0.3, 0.4) is 0 Å². The van der Waals surface area contributed by atoms with Crippen LogP contribution < -0.4 is 14.2 Å². The lowest BCUT2D eigenvalue weighted by atomic mass is 10.2. The fourth-order valence-corrected chi connectivity index (χ4v) is 2.68. The molecule has 3 aromatic rings. The highest BCUT2D eigenvalue weighted by Gasteiger charge is 2.07. The molecule has 0 radical (unpaired) electrons. The molecule has 0 N–H and O–H groups in total. The number of hydrogen-bond donors (Lipinski definition) is 0. The summed E-state index contributed by atoms with van der Waals surface area (Å²) >= 11 is 0. The molecule has 6 heteroatoms. The fraction of sp³-hybridized carbons (Fsp3) is 0.174. The summed E-state index contributed by atoms with van der Waals surface area (Å²) in [5, 5.41) is 3.94. The molecule has 29 heavy (non-hydrogen) atoms. The highest BCUT2D eigenvalue weighted by atomic mass is 19.1. The quantitative estimate of drug-likeness (QED) is 0.379. The van der Waals surface area contributed by atoms with Gasteiger partial charge in [0.15, 0.2) is 11.5 Å². The second-order valence-electron chi connectivity index (χ2n) is 6.15. The third kappa shape index (κ3) is 5.72. The van der Waals surface area contributed by atoms with Gasteiger partial charge in [-0.25, -0.2) is 4.39 Å². The summed E-state index contributed by atoms with van der Waals surface area (Å²) in [6.07, 6.45) is 1.55. The third-order valence-electron chi connectivity index (χ3n) is 4.16. The van der Waals surface area contributed by atoms with E-state index in [0.717, 1.165) is 11.1 Å². The van der Waals surface area contributed by atoms with Gasteiger partial charge in [0.25, 0.3) is 0 Å². The molecule has 150 valence electrons. The summed E-state index contributed by atoms with van der Waals surface area (Å²) in [5.74, 6) is 1.42. The van der Waals surface area contributed by atoms with Crippen molar-refractivity contribution in [2.75, 3.05) is 14.2 Å². The second kappa shape index (κ2) is 10.1. The summed E-state index contributed by atoms with van der Waals surface area (Å²) in [6.45, 7) is 0.538. The molecule has 3 rings (SSSR count). The highest BCUT2D eigenvalue weighted by Crippen LogP contribution is 2.28. The maximum Gasteiger partial charge on any atom is 0.161 e. The molecule has 0 aliphatic carbocycles. The number of nitrogens with zero attached hydrogens (tertiary/aromatic N) is 1. The Balaban J connectivity index is 1.60. The van der Waals surface area contributed by atoms with E-state index in [4.69, 9.17) is 19.0 Å². The minimum atomic E-state index is -0.357. The molecule has 0 unspecified atom stereocenters. The summed E-state index contributed by atoms with van der Waals surface area (Å²) < 4.78 is 29.8. The van der Waals surface area contributed by atoms with Gasteiger partial charge in [-0.1, -0.05) is 35.5 Å². The van der Waals surface area contributed by atoms with Crippen LogP contribution in [0.25, 0.3) is 0 Å². The second-order valence-corrected chi connectivity index (χ2v) is 6.15. The number of methoxy groups -OCH3 is 2. The third-order valence-corrected chi connectivity index (χ3v) is 4.16. The SMILES string of the molecule is COc1ccc(F)cc1CO/N=C/c1ccc(OCc2ccccc2)c(OC)c1. The number of hydrogen-bond acceptors (Lipinski definition) is 5. The van der Waals surface area contributed by atoms with Crippen LogP contribution in [-0.4, -0.2) is 20.4 Å². The van der Waals surface area contributed by atoms with Gasteiger partial charge < -0.3 is 19.0 Å². The minimum Gasteiger partial charge on any atom is -0.496 e. The smallest absolute Gasteiger partial charge is 0.161 e. The fourth-order valence-electron chi connectivity index (χ4n) is 2.68. The highest BCUT2D eigenvalue weighted by molar-refractivity contribution is 5.80. The molecule has 0 heterocycles. The predicted octanol–water partition coefficient (Wildman–Crippen LogP) is 4.97. The van der Waals surface area contributed by atoms with E-state index in [0.29, 0.717) is 29.4 Å². The Kier molecular flexibility index (Phi) is 7.05. The van der Waals surface area contributed by atoms with E-state index < -0.39 is 0 Å². The number of benzene rings is 3. The van der Waals surface area contributed by atoms with Crippen molar-refractivity contribution in [2.45, 2.75) is 13.2 Å². The van der Waals surface area contributed by atoms with Crippen LogP contribution in [0.5, 0.6) is 17.2 Å². The Bertz CT molecular complexity index is 960. The van der Waals surface area contributed by atoms with Crippen LogP contribution >= 0.6 is 0 Å². The van der Waals surface area contributed by atoms with Crippen molar-refractivity contribution in [1.82, 2.24) is 0 Å². The first-order chi connectivity index (χ1) is 14.2. The van der Waals surface area contributed by atoms with Crippen molar-refractivity contribution >= 4 is 6.21 Å². The van der Waals surface area contributed by atoms with Gasteiger partial charge in [-0.15, -0.1) is 0 Å². The van der Waals surface area contributed by atoms with Crippen LogP contribution in [0.2, 0.25) is 0 Å². The Morgan fingerprint density at radius 3 is 2.34 bits per heavy atom. The molecule has 0 fully saturated rings. The molecule has 3 aromatic carbocycles. The van der Waals surface area contributed by atoms with Crippen LogP contribution in [0.1, 0.15) is 16.7 Å². The Morgan fingerprint density at radius 1 is 0.828 bits per heavy atom. The minimum absolute atomic E-state index is 0.0901. The van der Waals surface area contributed by atoms with Gasteiger partial charge in [0, 0.05) is 11.1 Å². The normalized spacial score (nSPS) is 10.7. The van der Waals surface area contributed by atoms with Gasteiger partial charge in [-0.2, -0.15) is 0 Å². The topological polar surface area (TPSA) is 49.3 Å². The largest absolute Gasteiger partial charge is 0.496 e. The summed E-state index contributed by atoms with van der Waals surface area (Å²) in [4.78, 5) is 5.28. The summed E-state index contributed by atoms with van der Waals surface area (Å²) in [6, 6.07) is 19.6. The van der Waals surface area contributed by atoms with E-state index in [2.05, 4.69) is 5.16 Å². The van der Waals surface area contributed by atoms with E-state index in [1.807, 2.05) is 42.5 Å². The Labute approximate surface area is 169 Å². The number of ether oxygens (including phenoxy) is 3. The van der Waals surface area contributed by atoms with E-state index >= 15 is 0 Å². The first-order valence-corrected chi connectivity index (χ1v) is 9.02. The molecule has 0 amide bonds. The molecule has 0 saturated carbocycles. The zero-order chi connectivity index (χ0) is 20.5. The van der Waals surface area contributed by atoms with Crippen molar-refractivity contribution < 1.29 is 23.4 Å². The Morgan fingerprint density at radius 2 is 1.59 bits per heavy atom. The average molecular weight is 395 g/mol. The maximum atomic E-state index is 13.4. The van der Waals surface area contributed by atoms with Crippen LogP contribution in [0, 0.1) is 5.82 Å². The van der Waals surface area contributed by atoms with Crippen molar-refractivity contribution in [1.29, 1.82) is 0 Å². The number of oxime groups is 1. The molecular formula is C23H22FNO4. The van der Waals surface area contributed by atoms with E-state index in [1.165, 1.54) is 19.2 Å². The van der Waals surface area contributed by atoms with Crippen LogP contribution in [0.15, 0.2) is 71.9 Å². The lowest BCUT2D eigenvalue weighted by molar-refractivity contribution is 0.129. The van der Waals surface area contributed by atoms with Gasteiger partial charge >= 0.3 is 0 Å². The first kappa shape index (κ1) is 20.2. The van der Waals surface area contributed by atoms with Crippen LogP contribution in [0.4, 0.5) is 4.39 Å². The standard InChI is InChI=1S/C23H22FNO4/c1-26-21-11-9-20(24)13-19(21)16-29-25-14-18-8-10-22(23(12-18)27-2)28-15-17-6-4-3-5-7-17/h3-14H,15-16H2,1-2H3/b25-14+. The monoisotopic (exact) mass is 395 g/mol. The predicted molar refractivity (Wildman–Crippen MR) is 109 cm³/mol. The molecule has 5 nitrogen and oxygen atoms in total. The van der Waals surface area contributed by atoms with Gasteiger partial charge in [0.05, 0.1) is 20.4 Å². The van der Waals surface area contributed by atoms with Crippen molar-refractivity contribution in [3.8, 4) is 17.2 Å². The maximum absolute atomic E-state index is 13.4. The molecule has 0 aromatic heterocycles. The van der Waals surface area contributed by atoms with E-state index in [9.17, 15) is 4.39 Å². The van der Waals surface area contributed by atoms with E-state index in [1.54, 1.807) is 25.5 Å². The summed E-state index contributed by atoms with van der Waals surface area (Å²) in [7, 11) is 3.10. The molecule has 0 spiro atoms. The van der Waals surface area contributed by atoms with E-state index in [-0.39, 0.29) is 12.4 Å². The van der Waals surface area contributed by atoms with Crippen LogP contribution in [-0.2, 0) is 18.1 Å². The van der Waals surface area contributed by atoms with Crippen molar-refractivity contribution in [2.24, 2.45) is 5.16 Å². The zero-order valence-corrected chi connectivity index (χ0v) is 16.3.